The van der Waals surface area contributed by atoms with Gasteiger partial charge in [-0.25, -0.2) is 9.97 Å². The maximum Gasteiger partial charge on any atom is 0.144 e. The Morgan fingerprint density at radius 2 is 2.41 bits per heavy atom. The highest BCUT2D eigenvalue weighted by Gasteiger charge is 2.20. The second-order valence-electron chi connectivity index (χ2n) is 4.16. The van der Waals surface area contributed by atoms with E-state index in [1.165, 1.54) is 0 Å². The molecule has 94 valence electrons. The summed E-state index contributed by atoms with van der Waals surface area (Å²) in [6.07, 6.45) is -0.107. The summed E-state index contributed by atoms with van der Waals surface area (Å²) in [7, 11) is 0. The Kier molecular flexibility index (Phi) is 4.28. The van der Waals surface area contributed by atoms with E-state index in [2.05, 4.69) is 14.9 Å². The van der Waals surface area contributed by atoms with Gasteiger partial charge in [0.1, 0.15) is 11.0 Å². The van der Waals surface area contributed by atoms with Gasteiger partial charge in [-0.05, 0) is 13.0 Å². The molecular weight excluding hydrogens is 242 g/mol. The molecule has 1 aliphatic rings. The molecular formula is C11H16ClN3O2. The minimum absolute atomic E-state index is 0.0476. The SMILES string of the molecule is Cc1cc(Cl)nc(CN2CCOC(CO)C2)n1. The zero-order valence-electron chi connectivity index (χ0n) is 9.77. The summed E-state index contributed by atoms with van der Waals surface area (Å²) in [4.78, 5) is 10.7. The molecule has 0 bridgehead atoms. The van der Waals surface area contributed by atoms with Crippen LogP contribution in [0.5, 0.6) is 0 Å². The molecule has 0 amide bonds. The van der Waals surface area contributed by atoms with Crippen LogP contribution in [0.1, 0.15) is 11.5 Å². The average molecular weight is 258 g/mol. The third-order valence-electron chi connectivity index (χ3n) is 2.66. The van der Waals surface area contributed by atoms with Gasteiger partial charge in [-0.15, -0.1) is 0 Å². The second kappa shape index (κ2) is 5.73. The molecule has 17 heavy (non-hydrogen) atoms. The standard InChI is InChI=1S/C11H16ClN3O2/c1-8-4-10(12)14-11(13-8)6-15-2-3-17-9(5-15)7-16/h4,9,16H,2-3,5-7H2,1H3. The Balaban J connectivity index is 2.00. The molecule has 1 fully saturated rings. The lowest BCUT2D eigenvalue weighted by Crippen LogP contribution is -2.43. The number of hydrogen-bond acceptors (Lipinski definition) is 5. The molecule has 1 N–H and O–H groups in total. The molecule has 1 aromatic heterocycles. The van der Waals surface area contributed by atoms with Gasteiger partial charge in [-0.3, -0.25) is 4.90 Å². The molecule has 0 spiro atoms. The number of ether oxygens (including phenoxy) is 1. The third kappa shape index (κ3) is 3.61. The van der Waals surface area contributed by atoms with E-state index >= 15 is 0 Å². The number of aromatic nitrogens is 2. The Morgan fingerprint density at radius 1 is 1.59 bits per heavy atom. The summed E-state index contributed by atoms with van der Waals surface area (Å²) in [6, 6.07) is 1.74. The summed E-state index contributed by atoms with van der Waals surface area (Å²) >= 11 is 5.89. The van der Waals surface area contributed by atoms with E-state index < -0.39 is 0 Å². The van der Waals surface area contributed by atoms with Crippen LogP contribution in [0.25, 0.3) is 0 Å². The molecule has 1 unspecified atom stereocenters. The lowest BCUT2D eigenvalue weighted by molar-refractivity contribution is -0.0556. The maximum atomic E-state index is 9.06. The highest BCUT2D eigenvalue weighted by atomic mass is 35.5. The van der Waals surface area contributed by atoms with Crippen molar-refractivity contribution in [2.75, 3.05) is 26.3 Å². The summed E-state index contributed by atoms with van der Waals surface area (Å²) in [5.74, 6) is 0.716. The lowest BCUT2D eigenvalue weighted by atomic mass is 10.3. The molecule has 0 radical (unpaired) electrons. The van der Waals surface area contributed by atoms with Crippen molar-refractivity contribution in [3.05, 3.63) is 22.7 Å². The quantitative estimate of drug-likeness (QED) is 0.805. The lowest BCUT2D eigenvalue weighted by Gasteiger charge is -2.31. The number of hydrogen-bond donors (Lipinski definition) is 1. The second-order valence-corrected chi connectivity index (χ2v) is 4.55. The number of halogens is 1. The molecule has 0 aliphatic carbocycles. The van der Waals surface area contributed by atoms with Crippen LogP contribution in [-0.2, 0) is 11.3 Å². The van der Waals surface area contributed by atoms with Gasteiger partial charge in [-0.1, -0.05) is 11.6 Å². The van der Waals surface area contributed by atoms with Gasteiger partial charge in [-0.2, -0.15) is 0 Å². The van der Waals surface area contributed by atoms with E-state index in [4.69, 9.17) is 21.4 Å². The highest BCUT2D eigenvalue weighted by molar-refractivity contribution is 6.29. The van der Waals surface area contributed by atoms with Gasteiger partial charge >= 0.3 is 0 Å². The summed E-state index contributed by atoms with van der Waals surface area (Å²) in [5, 5.41) is 9.53. The monoisotopic (exact) mass is 257 g/mol. The maximum absolute atomic E-state index is 9.06. The predicted molar refractivity (Wildman–Crippen MR) is 63.9 cm³/mol. The van der Waals surface area contributed by atoms with Gasteiger partial charge in [0, 0.05) is 18.8 Å². The largest absolute Gasteiger partial charge is 0.394 e. The third-order valence-corrected chi connectivity index (χ3v) is 2.85. The van der Waals surface area contributed by atoms with Crippen molar-refractivity contribution in [3.8, 4) is 0 Å². The van der Waals surface area contributed by atoms with E-state index in [0.29, 0.717) is 30.7 Å². The van der Waals surface area contributed by atoms with Crippen LogP contribution in [0.4, 0.5) is 0 Å². The van der Waals surface area contributed by atoms with Crippen LogP contribution in [0.15, 0.2) is 6.07 Å². The fourth-order valence-electron chi connectivity index (χ4n) is 1.89. The molecule has 2 heterocycles. The molecule has 1 aromatic rings. The molecule has 1 aliphatic heterocycles. The fourth-order valence-corrected chi connectivity index (χ4v) is 2.15. The van der Waals surface area contributed by atoms with Gasteiger partial charge in [0.2, 0.25) is 0 Å². The molecule has 5 nitrogen and oxygen atoms in total. The Bertz CT molecular complexity index is 369. The van der Waals surface area contributed by atoms with Crippen LogP contribution in [0, 0.1) is 6.92 Å². The van der Waals surface area contributed by atoms with Crippen LogP contribution in [0.2, 0.25) is 5.15 Å². The number of rotatable bonds is 3. The molecule has 0 saturated carbocycles. The number of nitrogens with zero attached hydrogens (tertiary/aromatic N) is 3. The zero-order valence-corrected chi connectivity index (χ0v) is 10.5. The Morgan fingerprint density at radius 3 is 3.12 bits per heavy atom. The van der Waals surface area contributed by atoms with Crippen LogP contribution < -0.4 is 0 Å². The summed E-state index contributed by atoms with van der Waals surface area (Å²) in [6.45, 7) is 4.74. The van der Waals surface area contributed by atoms with Crippen molar-refractivity contribution in [1.82, 2.24) is 14.9 Å². The van der Waals surface area contributed by atoms with Crippen molar-refractivity contribution < 1.29 is 9.84 Å². The van der Waals surface area contributed by atoms with Crippen LogP contribution in [-0.4, -0.2) is 52.4 Å². The predicted octanol–water partition coefficient (Wildman–Crippen LogP) is 0.632. The minimum atomic E-state index is -0.107. The first-order chi connectivity index (χ1) is 8.17. The minimum Gasteiger partial charge on any atom is -0.394 e. The molecule has 2 rings (SSSR count). The number of aliphatic hydroxyl groups is 1. The Labute approximate surface area is 105 Å². The van der Waals surface area contributed by atoms with Crippen molar-refractivity contribution in [1.29, 1.82) is 0 Å². The van der Waals surface area contributed by atoms with E-state index in [9.17, 15) is 0 Å². The first-order valence-electron chi connectivity index (χ1n) is 5.62. The van der Waals surface area contributed by atoms with Gasteiger partial charge < -0.3 is 9.84 Å². The number of morpholine rings is 1. The van der Waals surface area contributed by atoms with Gasteiger partial charge in [0.15, 0.2) is 0 Å². The Hall–Kier alpha value is -0.750. The number of aryl methyl sites for hydroxylation is 1. The zero-order chi connectivity index (χ0) is 12.3. The van der Waals surface area contributed by atoms with Crippen LogP contribution >= 0.6 is 11.6 Å². The number of aliphatic hydroxyl groups excluding tert-OH is 1. The molecule has 1 atom stereocenters. The first kappa shape index (κ1) is 12.7. The molecule has 1 saturated heterocycles. The van der Waals surface area contributed by atoms with Crippen molar-refractivity contribution in [3.63, 3.8) is 0 Å². The van der Waals surface area contributed by atoms with Gasteiger partial charge in [0.05, 0.1) is 25.9 Å². The smallest absolute Gasteiger partial charge is 0.144 e. The fraction of sp³-hybridized carbons (Fsp3) is 0.636. The van der Waals surface area contributed by atoms with E-state index in [1.807, 2.05) is 6.92 Å². The van der Waals surface area contributed by atoms with E-state index in [-0.39, 0.29) is 12.7 Å². The van der Waals surface area contributed by atoms with Crippen molar-refractivity contribution >= 4 is 11.6 Å². The topological polar surface area (TPSA) is 58.5 Å². The first-order valence-corrected chi connectivity index (χ1v) is 6.00. The van der Waals surface area contributed by atoms with Gasteiger partial charge in [0.25, 0.3) is 0 Å². The summed E-state index contributed by atoms with van der Waals surface area (Å²) < 4.78 is 5.38. The van der Waals surface area contributed by atoms with Crippen molar-refractivity contribution in [2.24, 2.45) is 0 Å². The normalized spacial score (nSPS) is 21.7. The highest BCUT2D eigenvalue weighted by Crippen LogP contribution is 2.11. The molecule has 0 aromatic carbocycles. The average Bonchev–Trinajstić information content (AvgIpc) is 2.28. The van der Waals surface area contributed by atoms with E-state index in [1.54, 1.807) is 6.07 Å². The van der Waals surface area contributed by atoms with E-state index in [0.717, 1.165) is 12.2 Å². The van der Waals surface area contributed by atoms with Crippen LogP contribution in [0.3, 0.4) is 0 Å². The summed E-state index contributed by atoms with van der Waals surface area (Å²) in [5.41, 5.74) is 0.868. The molecule has 6 heteroatoms. The van der Waals surface area contributed by atoms with Crippen molar-refractivity contribution in [2.45, 2.75) is 19.6 Å².